The summed E-state index contributed by atoms with van der Waals surface area (Å²) < 4.78 is 32.0. The van der Waals surface area contributed by atoms with Gasteiger partial charge in [0.1, 0.15) is 11.6 Å². The van der Waals surface area contributed by atoms with Crippen LogP contribution in [0.4, 0.5) is 14.5 Å². The number of nitrogens with one attached hydrogen (secondary N) is 1. The zero-order valence-corrected chi connectivity index (χ0v) is 20.1. The predicted molar refractivity (Wildman–Crippen MR) is 133 cm³/mol. The largest absolute Gasteiger partial charge is 0.377 e. The van der Waals surface area contributed by atoms with Gasteiger partial charge in [0, 0.05) is 32.3 Å². The number of amides is 1. The third-order valence-corrected chi connectivity index (χ3v) is 6.27. The molecule has 3 rings (SSSR count). The lowest BCUT2D eigenvalue weighted by Crippen LogP contribution is -2.29. The predicted octanol–water partition coefficient (Wildman–Crippen LogP) is 6.14. The molecule has 0 aliphatic rings. The summed E-state index contributed by atoms with van der Waals surface area (Å²) in [5.41, 5.74) is 5.57. The molecule has 0 bridgehead atoms. The summed E-state index contributed by atoms with van der Waals surface area (Å²) >= 11 is 0. The van der Waals surface area contributed by atoms with Gasteiger partial charge in [0.05, 0.1) is 6.10 Å². The van der Waals surface area contributed by atoms with Crippen molar-refractivity contribution < 1.29 is 23.5 Å². The molecule has 3 aromatic carbocycles. The molecular weight excluding hydrogens is 450 g/mol. The number of unbranched alkanes of at least 4 members (excludes halogenated alkanes) is 1. The molecular formula is C28H32F2N2O3. The Morgan fingerprint density at radius 3 is 2.26 bits per heavy atom. The van der Waals surface area contributed by atoms with Crippen LogP contribution in [0.3, 0.4) is 0 Å². The maximum Gasteiger partial charge on any atom is 0.246 e. The first kappa shape index (κ1) is 26.3. The summed E-state index contributed by atoms with van der Waals surface area (Å²) in [4.78, 5) is 14.4. The first-order valence-electron chi connectivity index (χ1n) is 11.7. The number of hydrogen-bond donors (Lipinski definition) is 2. The molecule has 2 N–H and O–H groups in total. The average molecular weight is 483 g/mol. The lowest BCUT2D eigenvalue weighted by Gasteiger charge is -2.23. The minimum atomic E-state index is -0.450. The van der Waals surface area contributed by atoms with Crippen molar-refractivity contribution in [2.75, 3.05) is 25.6 Å². The van der Waals surface area contributed by atoms with Crippen molar-refractivity contribution in [1.82, 2.24) is 5.48 Å². The van der Waals surface area contributed by atoms with E-state index in [0.717, 1.165) is 41.8 Å². The lowest BCUT2D eigenvalue weighted by molar-refractivity contribution is -0.135. The fourth-order valence-electron chi connectivity index (χ4n) is 4.19. The molecule has 0 saturated heterocycles. The number of hydroxylamine groups is 1. The minimum Gasteiger partial charge on any atom is -0.377 e. The van der Waals surface area contributed by atoms with Crippen molar-refractivity contribution in [1.29, 1.82) is 0 Å². The number of nitrogens with zero attached hydrogens (tertiary/aromatic N) is 1. The van der Waals surface area contributed by atoms with E-state index in [1.54, 1.807) is 36.9 Å². The minimum absolute atomic E-state index is 0.260. The molecule has 0 spiro atoms. The van der Waals surface area contributed by atoms with E-state index in [4.69, 9.17) is 4.74 Å². The van der Waals surface area contributed by atoms with E-state index >= 15 is 0 Å². The summed E-state index contributed by atoms with van der Waals surface area (Å²) in [6.07, 6.45) is 2.21. The summed E-state index contributed by atoms with van der Waals surface area (Å²) in [6.45, 7) is 0.784. The smallest absolute Gasteiger partial charge is 0.246 e. The van der Waals surface area contributed by atoms with E-state index in [1.165, 1.54) is 24.3 Å². The van der Waals surface area contributed by atoms with Crippen molar-refractivity contribution in [3.8, 4) is 11.1 Å². The number of carbonyl (C=O) groups is 1. The van der Waals surface area contributed by atoms with Crippen molar-refractivity contribution in [2.45, 2.75) is 31.8 Å². The first-order valence-corrected chi connectivity index (χ1v) is 11.7. The molecule has 3 aromatic rings. The van der Waals surface area contributed by atoms with Gasteiger partial charge in [0.2, 0.25) is 5.91 Å². The number of anilines is 1. The van der Waals surface area contributed by atoms with Crippen LogP contribution in [-0.2, 0) is 9.53 Å². The second-order valence-corrected chi connectivity index (χ2v) is 8.66. The number of halogens is 2. The fourth-order valence-corrected chi connectivity index (χ4v) is 4.19. The summed E-state index contributed by atoms with van der Waals surface area (Å²) in [5.74, 6) is -1.48. The van der Waals surface area contributed by atoms with Crippen LogP contribution in [0.2, 0.25) is 0 Å². The molecule has 5 nitrogen and oxygen atoms in total. The zero-order valence-electron chi connectivity index (χ0n) is 20.1. The van der Waals surface area contributed by atoms with Gasteiger partial charge in [-0.25, -0.2) is 14.3 Å². The van der Waals surface area contributed by atoms with Gasteiger partial charge in [0.15, 0.2) is 0 Å². The van der Waals surface area contributed by atoms with Crippen LogP contribution in [0.5, 0.6) is 0 Å². The Morgan fingerprint density at radius 1 is 0.971 bits per heavy atom. The van der Waals surface area contributed by atoms with Gasteiger partial charge in [-0.3, -0.25) is 10.0 Å². The van der Waals surface area contributed by atoms with Crippen LogP contribution < -0.4 is 10.4 Å². The highest BCUT2D eigenvalue weighted by atomic mass is 19.1. The molecule has 186 valence electrons. The van der Waals surface area contributed by atoms with Gasteiger partial charge in [-0.1, -0.05) is 42.8 Å². The number of carbonyl (C=O) groups excluding carboxylic acids is 1. The third kappa shape index (κ3) is 7.60. The molecule has 0 aliphatic heterocycles. The summed E-state index contributed by atoms with van der Waals surface area (Å²) in [5, 5.41) is 9.21. The van der Waals surface area contributed by atoms with Crippen molar-refractivity contribution in [3.05, 3.63) is 90.0 Å². The Balaban J connectivity index is 1.55. The molecule has 0 fully saturated rings. The van der Waals surface area contributed by atoms with Crippen LogP contribution >= 0.6 is 0 Å². The van der Waals surface area contributed by atoms with Crippen LogP contribution in [0, 0.1) is 17.6 Å². The van der Waals surface area contributed by atoms with E-state index in [9.17, 15) is 18.8 Å². The zero-order chi connectivity index (χ0) is 25.2. The maximum absolute atomic E-state index is 13.3. The van der Waals surface area contributed by atoms with E-state index in [1.807, 2.05) is 25.2 Å². The Bertz CT molecular complexity index is 1070. The summed E-state index contributed by atoms with van der Waals surface area (Å²) in [7, 11) is 3.56. The van der Waals surface area contributed by atoms with E-state index in [2.05, 4.69) is 11.0 Å². The van der Waals surface area contributed by atoms with E-state index in [0.29, 0.717) is 12.8 Å². The first-order chi connectivity index (χ1) is 16.9. The fraction of sp³-hybridized carbons (Fsp3) is 0.321. The van der Waals surface area contributed by atoms with Gasteiger partial charge >= 0.3 is 0 Å². The van der Waals surface area contributed by atoms with Gasteiger partial charge in [0.25, 0.3) is 0 Å². The topological polar surface area (TPSA) is 61.8 Å². The van der Waals surface area contributed by atoms with Crippen molar-refractivity contribution in [2.24, 2.45) is 5.92 Å². The van der Waals surface area contributed by atoms with Gasteiger partial charge in [-0.15, -0.1) is 0 Å². The van der Waals surface area contributed by atoms with Crippen LogP contribution in [0.25, 0.3) is 11.1 Å². The second kappa shape index (κ2) is 13.0. The molecule has 0 saturated carbocycles. The highest BCUT2D eigenvalue weighted by molar-refractivity contribution is 5.77. The van der Waals surface area contributed by atoms with E-state index < -0.39 is 11.8 Å². The standard InChI is InChI=1S/C28H32F2N2O3/c1-32(26-8-5-7-22(18-26)20-9-13-24(29)14-10-20)17-4-3-6-23(28(33)31-34)19-27(35-2)21-11-15-25(30)16-12-21/h5,7-16,18,23,27,34H,3-4,6,17,19H2,1-2H3,(H,31,33)/t23-,27+/m0/s1. The van der Waals surface area contributed by atoms with Gasteiger partial charge in [-0.2, -0.15) is 0 Å². The molecule has 0 radical (unpaired) electrons. The number of ether oxygens (including phenoxy) is 1. The molecule has 35 heavy (non-hydrogen) atoms. The van der Waals surface area contributed by atoms with Crippen LogP contribution in [0.15, 0.2) is 72.8 Å². The molecule has 0 unspecified atom stereocenters. The van der Waals surface area contributed by atoms with Crippen LogP contribution in [-0.4, -0.2) is 31.8 Å². The molecule has 1 amide bonds. The monoisotopic (exact) mass is 482 g/mol. The lowest BCUT2D eigenvalue weighted by atomic mass is 9.91. The van der Waals surface area contributed by atoms with Crippen molar-refractivity contribution in [3.63, 3.8) is 0 Å². The number of methoxy groups -OCH3 is 1. The van der Waals surface area contributed by atoms with Crippen molar-refractivity contribution >= 4 is 11.6 Å². The number of hydrogen-bond acceptors (Lipinski definition) is 4. The van der Waals surface area contributed by atoms with Gasteiger partial charge in [-0.05, 0) is 72.4 Å². The Morgan fingerprint density at radius 2 is 1.63 bits per heavy atom. The third-order valence-electron chi connectivity index (χ3n) is 6.27. The highest BCUT2D eigenvalue weighted by Gasteiger charge is 2.24. The quantitative estimate of drug-likeness (QED) is 0.185. The normalized spacial score (nSPS) is 12.7. The molecule has 0 heterocycles. The summed E-state index contributed by atoms with van der Waals surface area (Å²) in [6, 6.07) is 20.5. The second-order valence-electron chi connectivity index (χ2n) is 8.66. The van der Waals surface area contributed by atoms with Gasteiger partial charge < -0.3 is 9.64 Å². The maximum atomic E-state index is 13.3. The van der Waals surface area contributed by atoms with E-state index in [-0.39, 0.29) is 17.7 Å². The Labute approximate surface area is 205 Å². The molecule has 7 heteroatoms. The van der Waals surface area contributed by atoms with Crippen LogP contribution in [0.1, 0.15) is 37.4 Å². The SMILES string of the molecule is CO[C@H](C[C@H](CCCCN(C)c1cccc(-c2ccc(F)cc2)c1)C(=O)NO)c1ccc(F)cc1. The molecule has 2 atom stereocenters. The molecule has 0 aromatic heterocycles. The highest BCUT2D eigenvalue weighted by Crippen LogP contribution is 2.28. The number of benzene rings is 3. The average Bonchev–Trinajstić information content (AvgIpc) is 2.89. The Hall–Kier alpha value is -3.29. The number of rotatable bonds is 12. The molecule has 0 aliphatic carbocycles. The Kier molecular flexibility index (Phi) is 9.76.